The third-order valence-corrected chi connectivity index (χ3v) is 7.75. The average molecular weight is 521 g/mol. The number of hydrogen-bond acceptors (Lipinski definition) is 6. The fraction of sp³-hybridized carbons (Fsp3) is 0.556. The van der Waals surface area contributed by atoms with E-state index in [1.807, 2.05) is 24.4 Å². The summed E-state index contributed by atoms with van der Waals surface area (Å²) in [5.41, 5.74) is 3.12. The molecule has 10 heteroatoms. The summed E-state index contributed by atoms with van der Waals surface area (Å²) in [6, 6.07) is 5.87. The lowest BCUT2D eigenvalue weighted by Crippen LogP contribution is -2.51. The summed E-state index contributed by atoms with van der Waals surface area (Å²) in [6.45, 7) is 2.26. The first-order chi connectivity index (χ1) is 13.2. The van der Waals surface area contributed by atoms with Crippen molar-refractivity contribution < 1.29 is 22.8 Å². The van der Waals surface area contributed by atoms with Gasteiger partial charge in [-0.05, 0) is 67.0 Å². The van der Waals surface area contributed by atoms with Gasteiger partial charge in [0.05, 0.1) is 5.52 Å². The average Bonchev–Trinajstić information content (AvgIpc) is 3.06. The Bertz CT molecular complexity index is 955. The summed E-state index contributed by atoms with van der Waals surface area (Å²) in [5, 5.41) is 5.42. The molecule has 1 fully saturated rings. The van der Waals surface area contributed by atoms with E-state index in [1.165, 1.54) is 6.92 Å². The van der Waals surface area contributed by atoms with Crippen LogP contribution in [-0.2, 0) is 30.8 Å². The van der Waals surface area contributed by atoms with Crippen molar-refractivity contribution in [3.63, 3.8) is 0 Å². The van der Waals surface area contributed by atoms with E-state index in [0.717, 1.165) is 33.6 Å². The number of nitrogens with zero attached hydrogens (tertiary/aromatic N) is 2. The maximum Gasteiger partial charge on any atom is 0.264 e. The van der Waals surface area contributed by atoms with E-state index in [2.05, 4.69) is 33.2 Å². The molecule has 8 nitrogen and oxygen atoms in total. The smallest absolute Gasteiger partial charge is 0.264 e. The van der Waals surface area contributed by atoms with Crippen LogP contribution in [0.25, 0.3) is 10.9 Å². The molecule has 0 radical (unpaired) electrons. The second-order valence-electron chi connectivity index (χ2n) is 7.19. The summed E-state index contributed by atoms with van der Waals surface area (Å²) >= 11 is 2.22. The van der Waals surface area contributed by atoms with Gasteiger partial charge in [0.15, 0.2) is 20.9 Å². The Morgan fingerprint density at radius 1 is 1.46 bits per heavy atom. The Morgan fingerprint density at radius 2 is 2.25 bits per heavy atom. The van der Waals surface area contributed by atoms with Crippen molar-refractivity contribution in [1.82, 2.24) is 15.3 Å². The summed E-state index contributed by atoms with van der Waals surface area (Å²) in [6.07, 6.45) is 4.99. The molecule has 0 saturated carbocycles. The van der Waals surface area contributed by atoms with E-state index in [1.54, 1.807) is 4.68 Å². The minimum atomic E-state index is -3.70. The zero-order valence-electron chi connectivity index (χ0n) is 15.9. The van der Waals surface area contributed by atoms with Crippen LogP contribution < -0.4 is 5.48 Å². The Balaban J connectivity index is 1.70. The topological polar surface area (TPSA) is 99.5 Å². The second-order valence-corrected chi connectivity index (χ2v) is 10.9. The molecule has 1 aromatic heterocycles. The van der Waals surface area contributed by atoms with Gasteiger partial charge < -0.3 is 4.74 Å². The molecule has 1 aromatic carbocycles. The van der Waals surface area contributed by atoms with Gasteiger partial charge in [-0.1, -0.05) is 0 Å². The Hall–Kier alpha value is -1.24. The number of hydroxylamine groups is 1. The summed E-state index contributed by atoms with van der Waals surface area (Å²) < 4.78 is 31.3. The van der Waals surface area contributed by atoms with Crippen molar-refractivity contribution in [1.29, 1.82) is 0 Å². The molecule has 28 heavy (non-hydrogen) atoms. The highest BCUT2D eigenvalue weighted by Gasteiger charge is 2.44. The van der Waals surface area contributed by atoms with Crippen molar-refractivity contribution in [3.8, 4) is 0 Å². The van der Waals surface area contributed by atoms with E-state index in [9.17, 15) is 13.2 Å². The van der Waals surface area contributed by atoms with E-state index in [0.29, 0.717) is 13.0 Å². The van der Waals surface area contributed by atoms with Gasteiger partial charge in [-0.15, -0.1) is 0 Å². The monoisotopic (exact) mass is 521 g/mol. The third kappa shape index (κ3) is 4.84. The van der Waals surface area contributed by atoms with Crippen LogP contribution >= 0.6 is 22.6 Å². The van der Waals surface area contributed by atoms with Gasteiger partial charge in [0, 0.05) is 41.0 Å². The van der Waals surface area contributed by atoms with Gasteiger partial charge in [-0.25, -0.2) is 18.7 Å². The van der Waals surface area contributed by atoms with E-state index in [4.69, 9.17) is 9.57 Å². The first-order valence-corrected chi connectivity index (χ1v) is 12.1. The highest BCUT2D eigenvalue weighted by Crippen LogP contribution is 2.24. The van der Waals surface area contributed by atoms with E-state index in [-0.39, 0.29) is 13.0 Å². The number of halogens is 1. The number of amides is 1. The lowest BCUT2D eigenvalue weighted by Gasteiger charge is -2.28. The first-order valence-electron chi connectivity index (χ1n) is 9.09. The number of benzene rings is 1. The van der Waals surface area contributed by atoms with Crippen LogP contribution in [0.1, 0.15) is 32.6 Å². The van der Waals surface area contributed by atoms with Gasteiger partial charge in [0.25, 0.3) is 5.91 Å². The van der Waals surface area contributed by atoms with Crippen LogP contribution in [-0.4, -0.2) is 48.0 Å². The first kappa shape index (κ1) is 21.5. The van der Waals surface area contributed by atoms with Crippen molar-refractivity contribution in [2.24, 2.45) is 0 Å². The highest BCUT2D eigenvalue weighted by molar-refractivity contribution is 14.1. The molecule has 2 atom stereocenters. The standard InChI is InChI=1S/C18H24IN3O5S/c1-18(28(2,24)25,17(23)21-27-16-5-3-4-10-26-16)8-9-22-12-13-11-14(19)6-7-15(13)20-22/h6-7,11-12,16H,3-5,8-10H2,1-2H3,(H,21,23)/t16?,18-/m1/s1. The molecule has 1 N–H and O–H groups in total. The number of ether oxygens (including phenoxy) is 1. The number of carbonyl (C=O) groups excluding carboxylic acids is 1. The molecule has 1 amide bonds. The molecule has 1 unspecified atom stereocenters. The number of nitrogens with one attached hydrogen (secondary N) is 1. The van der Waals surface area contributed by atoms with Crippen LogP contribution in [0.4, 0.5) is 0 Å². The van der Waals surface area contributed by atoms with Gasteiger partial charge in [-0.3, -0.25) is 9.48 Å². The van der Waals surface area contributed by atoms with E-state index < -0.39 is 26.8 Å². The minimum absolute atomic E-state index is 0.0671. The van der Waals surface area contributed by atoms with Gasteiger partial charge in [0.1, 0.15) is 0 Å². The molecule has 0 bridgehead atoms. The van der Waals surface area contributed by atoms with Crippen LogP contribution in [0.15, 0.2) is 24.4 Å². The zero-order chi connectivity index (χ0) is 20.4. The predicted molar refractivity (Wildman–Crippen MR) is 113 cm³/mol. The zero-order valence-corrected chi connectivity index (χ0v) is 18.8. The summed E-state index contributed by atoms with van der Waals surface area (Å²) in [4.78, 5) is 18.0. The molecule has 2 heterocycles. The lowest BCUT2D eigenvalue weighted by molar-refractivity contribution is -0.201. The molecule has 154 valence electrons. The van der Waals surface area contributed by atoms with Crippen molar-refractivity contribution in [2.45, 2.75) is 50.2 Å². The summed E-state index contributed by atoms with van der Waals surface area (Å²) in [5.74, 6) is -0.699. The molecule has 0 aliphatic carbocycles. The molecule has 1 saturated heterocycles. The largest absolute Gasteiger partial charge is 0.350 e. The molecule has 2 aromatic rings. The molecule has 1 aliphatic heterocycles. The Morgan fingerprint density at radius 3 is 2.93 bits per heavy atom. The van der Waals surface area contributed by atoms with Crippen LogP contribution in [0.3, 0.4) is 0 Å². The predicted octanol–water partition coefficient (Wildman–Crippen LogP) is 2.41. The van der Waals surface area contributed by atoms with Gasteiger partial charge in [-0.2, -0.15) is 5.10 Å². The number of hydrogen-bond donors (Lipinski definition) is 1. The number of rotatable bonds is 7. The minimum Gasteiger partial charge on any atom is -0.350 e. The Labute approximate surface area is 178 Å². The molecule has 0 spiro atoms. The van der Waals surface area contributed by atoms with Crippen LogP contribution in [0.2, 0.25) is 0 Å². The van der Waals surface area contributed by atoms with Crippen LogP contribution in [0, 0.1) is 3.57 Å². The number of fused-ring (bicyclic) bond motifs is 1. The fourth-order valence-electron chi connectivity index (χ4n) is 2.99. The number of aromatic nitrogens is 2. The van der Waals surface area contributed by atoms with Gasteiger partial charge in [0.2, 0.25) is 0 Å². The SMILES string of the molecule is C[C@@](CCn1cc2cc(I)ccc2n1)(C(=O)NOC1CCCCO1)S(C)(=O)=O. The number of sulfone groups is 1. The fourth-order valence-corrected chi connectivity index (χ4v) is 4.34. The van der Waals surface area contributed by atoms with Crippen LogP contribution in [0.5, 0.6) is 0 Å². The maximum atomic E-state index is 12.7. The molecular formula is C18H24IN3O5S. The highest BCUT2D eigenvalue weighted by atomic mass is 127. The van der Waals surface area contributed by atoms with Gasteiger partial charge >= 0.3 is 0 Å². The number of carbonyl (C=O) groups is 1. The Kier molecular flexibility index (Phi) is 6.62. The maximum absolute atomic E-state index is 12.7. The number of aryl methyl sites for hydroxylation is 1. The van der Waals surface area contributed by atoms with E-state index >= 15 is 0 Å². The van der Waals surface area contributed by atoms with Crippen molar-refractivity contribution in [3.05, 3.63) is 28.0 Å². The summed E-state index contributed by atoms with van der Waals surface area (Å²) in [7, 11) is -3.70. The third-order valence-electron chi connectivity index (χ3n) is 5.05. The van der Waals surface area contributed by atoms with Crippen molar-refractivity contribution in [2.75, 3.05) is 12.9 Å². The second kappa shape index (κ2) is 8.64. The molecular weight excluding hydrogens is 497 g/mol. The molecule has 1 aliphatic rings. The normalized spacial score (nSPS) is 20.0. The van der Waals surface area contributed by atoms with Crippen molar-refractivity contribution >= 4 is 49.2 Å². The quantitative estimate of drug-likeness (QED) is 0.444. The lowest BCUT2D eigenvalue weighted by atomic mass is 10.1. The molecule has 3 rings (SSSR count).